The number of ketones is 1. The molecule has 0 radical (unpaired) electrons. The molecule has 1 aliphatic heterocycles. The predicted molar refractivity (Wildman–Crippen MR) is 138 cm³/mol. The molecular formula is C30H34N2O3. The summed E-state index contributed by atoms with van der Waals surface area (Å²) in [6.07, 6.45) is 5.19. The molecule has 0 spiro atoms. The Balaban J connectivity index is 1.54. The van der Waals surface area contributed by atoms with Gasteiger partial charge in [0, 0.05) is 49.1 Å². The fourth-order valence-corrected chi connectivity index (χ4v) is 5.79. The van der Waals surface area contributed by atoms with Gasteiger partial charge in [-0.1, -0.05) is 42.5 Å². The summed E-state index contributed by atoms with van der Waals surface area (Å²) >= 11 is 0. The molecule has 0 amide bonds. The second kappa shape index (κ2) is 9.73. The highest BCUT2D eigenvalue weighted by molar-refractivity contribution is 6.04. The van der Waals surface area contributed by atoms with E-state index in [2.05, 4.69) is 17.4 Å². The topological polar surface area (TPSA) is 58.6 Å². The lowest BCUT2D eigenvalue weighted by Gasteiger charge is -2.37. The van der Waals surface area contributed by atoms with Crippen LogP contribution < -0.4 is 10.2 Å². The Kier molecular flexibility index (Phi) is 6.50. The van der Waals surface area contributed by atoms with Crippen molar-refractivity contribution >= 4 is 17.4 Å². The van der Waals surface area contributed by atoms with Crippen LogP contribution in [0.15, 0.2) is 77.1 Å². The number of nitrogens with one attached hydrogen (secondary N) is 1. The Morgan fingerprint density at radius 2 is 1.63 bits per heavy atom. The zero-order valence-corrected chi connectivity index (χ0v) is 20.8. The van der Waals surface area contributed by atoms with Crippen molar-refractivity contribution in [2.24, 2.45) is 0 Å². The van der Waals surface area contributed by atoms with Crippen molar-refractivity contribution in [1.29, 1.82) is 0 Å². The molecule has 1 heterocycles. The Labute approximate surface area is 207 Å². The number of rotatable bonds is 5. The zero-order chi connectivity index (χ0) is 24.5. The number of anilines is 1. The molecular weight excluding hydrogens is 436 g/mol. The molecule has 5 nitrogen and oxygen atoms in total. The van der Waals surface area contributed by atoms with E-state index in [0.29, 0.717) is 12.0 Å². The maximum Gasteiger partial charge on any atom is 0.337 e. The minimum atomic E-state index is -0.416. The highest BCUT2D eigenvalue weighted by atomic mass is 16.5. The molecule has 35 heavy (non-hydrogen) atoms. The smallest absolute Gasteiger partial charge is 0.337 e. The molecule has 2 aliphatic carbocycles. The van der Waals surface area contributed by atoms with Crippen molar-refractivity contribution < 1.29 is 14.3 Å². The third-order valence-electron chi connectivity index (χ3n) is 7.64. The van der Waals surface area contributed by atoms with Gasteiger partial charge in [-0.3, -0.25) is 4.79 Å². The first-order chi connectivity index (χ1) is 16.9. The van der Waals surface area contributed by atoms with Gasteiger partial charge >= 0.3 is 5.97 Å². The number of carbonyl (C=O) groups excluding carboxylic acids is 2. The van der Waals surface area contributed by atoms with Crippen molar-refractivity contribution in [3.05, 3.63) is 88.3 Å². The van der Waals surface area contributed by atoms with Gasteiger partial charge in [-0.15, -0.1) is 0 Å². The first-order valence-corrected chi connectivity index (χ1v) is 12.7. The highest BCUT2D eigenvalue weighted by Gasteiger charge is 2.42. The highest BCUT2D eigenvalue weighted by Crippen LogP contribution is 2.46. The zero-order valence-electron chi connectivity index (χ0n) is 20.8. The minimum absolute atomic E-state index is 0.0283. The number of allylic oxidation sites excluding steroid dienone is 3. The number of benzene rings is 2. The molecule has 0 aromatic heterocycles. The SMILES string of the molecule is CC1=C(C(=O)OC2CCCC2)[C@H](c2ccc(N(C)C)cc2)C2=C(C[C@H](c3ccccc3)CC2=O)N1. The molecule has 5 heteroatoms. The summed E-state index contributed by atoms with van der Waals surface area (Å²) in [5.41, 5.74) is 6.22. The Morgan fingerprint density at radius 1 is 0.943 bits per heavy atom. The Bertz CT molecular complexity index is 1170. The summed E-state index contributed by atoms with van der Waals surface area (Å²) in [6, 6.07) is 18.4. The summed E-state index contributed by atoms with van der Waals surface area (Å²) < 4.78 is 5.96. The monoisotopic (exact) mass is 470 g/mol. The fraction of sp³-hybridized carbons (Fsp3) is 0.400. The molecule has 1 saturated carbocycles. The molecule has 1 fully saturated rings. The number of Topliss-reactive ketones (excluding diaryl/α,β-unsaturated/α-hetero) is 1. The standard InChI is InChI=1S/C30H34N2O3/c1-19-27(30(34)35-24-11-7-8-12-24)28(21-13-15-23(16-14-21)32(2)3)29-25(31-19)17-22(18-26(29)33)20-9-5-4-6-10-20/h4-6,9-10,13-16,22,24,28,31H,7-8,11-12,17-18H2,1-3H3/t22-,28-/m0/s1. The summed E-state index contributed by atoms with van der Waals surface area (Å²) in [7, 11) is 4.01. The van der Waals surface area contributed by atoms with E-state index in [1.54, 1.807) is 0 Å². The predicted octanol–water partition coefficient (Wildman–Crippen LogP) is 5.60. The summed E-state index contributed by atoms with van der Waals surface area (Å²) in [5.74, 6) is -0.479. The van der Waals surface area contributed by atoms with Crippen molar-refractivity contribution in [3.8, 4) is 0 Å². The number of hydrogen-bond donors (Lipinski definition) is 1. The maximum atomic E-state index is 13.7. The van der Waals surface area contributed by atoms with Crippen molar-refractivity contribution in [3.63, 3.8) is 0 Å². The Hall–Kier alpha value is -3.34. The van der Waals surface area contributed by atoms with E-state index >= 15 is 0 Å². The van der Waals surface area contributed by atoms with Crippen LogP contribution in [0.4, 0.5) is 5.69 Å². The van der Waals surface area contributed by atoms with Gasteiger partial charge in [0.15, 0.2) is 5.78 Å². The van der Waals surface area contributed by atoms with Crippen LogP contribution >= 0.6 is 0 Å². The Morgan fingerprint density at radius 3 is 2.29 bits per heavy atom. The van der Waals surface area contributed by atoms with Crippen LogP contribution in [-0.4, -0.2) is 32.0 Å². The van der Waals surface area contributed by atoms with Gasteiger partial charge in [-0.25, -0.2) is 4.79 Å². The molecule has 2 aromatic carbocycles. The number of esters is 1. The number of ether oxygens (including phenoxy) is 1. The lowest BCUT2D eigenvalue weighted by Crippen LogP contribution is -2.36. The molecule has 2 atom stereocenters. The van der Waals surface area contributed by atoms with Gasteiger partial charge in [-0.05, 0) is 68.2 Å². The minimum Gasteiger partial charge on any atom is -0.459 e. The van der Waals surface area contributed by atoms with Gasteiger partial charge in [0.25, 0.3) is 0 Å². The lowest BCUT2D eigenvalue weighted by molar-refractivity contribution is -0.144. The van der Waals surface area contributed by atoms with Gasteiger partial charge < -0.3 is 15.0 Å². The van der Waals surface area contributed by atoms with Crippen LogP contribution in [0.5, 0.6) is 0 Å². The molecule has 2 aromatic rings. The second-order valence-electron chi connectivity index (χ2n) is 10.2. The molecule has 0 bridgehead atoms. The largest absolute Gasteiger partial charge is 0.459 e. The van der Waals surface area contributed by atoms with Crippen LogP contribution in [0.3, 0.4) is 0 Å². The van der Waals surface area contributed by atoms with Crippen LogP contribution in [-0.2, 0) is 14.3 Å². The first kappa shape index (κ1) is 23.4. The van der Waals surface area contributed by atoms with E-state index in [-0.39, 0.29) is 23.8 Å². The van der Waals surface area contributed by atoms with E-state index in [0.717, 1.165) is 60.3 Å². The number of dihydropyridines is 1. The maximum absolute atomic E-state index is 13.7. The van der Waals surface area contributed by atoms with Crippen LogP contribution in [0.2, 0.25) is 0 Å². The lowest BCUT2D eigenvalue weighted by atomic mass is 9.71. The van der Waals surface area contributed by atoms with Crippen LogP contribution in [0, 0.1) is 0 Å². The van der Waals surface area contributed by atoms with Crippen molar-refractivity contribution in [2.45, 2.75) is 63.4 Å². The number of hydrogen-bond acceptors (Lipinski definition) is 5. The molecule has 182 valence electrons. The van der Waals surface area contributed by atoms with E-state index in [9.17, 15) is 9.59 Å². The van der Waals surface area contributed by atoms with E-state index < -0.39 is 5.92 Å². The van der Waals surface area contributed by atoms with Crippen LogP contribution in [0.25, 0.3) is 0 Å². The molecule has 0 unspecified atom stereocenters. The van der Waals surface area contributed by atoms with E-state index in [1.807, 2.05) is 68.4 Å². The average Bonchev–Trinajstić information content (AvgIpc) is 3.36. The average molecular weight is 471 g/mol. The third-order valence-corrected chi connectivity index (χ3v) is 7.64. The second-order valence-corrected chi connectivity index (χ2v) is 10.2. The number of nitrogens with zero attached hydrogens (tertiary/aromatic N) is 1. The van der Waals surface area contributed by atoms with E-state index in [1.165, 1.54) is 5.56 Å². The molecule has 3 aliphatic rings. The number of carbonyl (C=O) groups is 2. The van der Waals surface area contributed by atoms with Crippen molar-refractivity contribution in [1.82, 2.24) is 5.32 Å². The van der Waals surface area contributed by atoms with Gasteiger partial charge in [-0.2, -0.15) is 0 Å². The van der Waals surface area contributed by atoms with E-state index in [4.69, 9.17) is 4.74 Å². The van der Waals surface area contributed by atoms with Crippen LogP contribution in [0.1, 0.15) is 68.4 Å². The summed E-state index contributed by atoms with van der Waals surface area (Å²) in [6.45, 7) is 1.94. The van der Waals surface area contributed by atoms with Gasteiger partial charge in [0.05, 0.1) is 5.57 Å². The van der Waals surface area contributed by atoms with Gasteiger partial charge in [0.1, 0.15) is 6.10 Å². The quantitative estimate of drug-likeness (QED) is 0.577. The summed E-state index contributed by atoms with van der Waals surface area (Å²) in [4.78, 5) is 29.3. The third kappa shape index (κ3) is 4.64. The van der Waals surface area contributed by atoms with Gasteiger partial charge in [0.2, 0.25) is 0 Å². The first-order valence-electron chi connectivity index (χ1n) is 12.7. The summed E-state index contributed by atoms with van der Waals surface area (Å²) in [5, 5.41) is 3.46. The molecule has 1 N–H and O–H groups in total. The molecule has 0 saturated heterocycles. The van der Waals surface area contributed by atoms with Crippen molar-refractivity contribution in [2.75, 3.05) is 19.0 Å². The fourth-order valence-electron chi connectivity index (χ4n) is 5.79. The molecule has 5 rings (SSSR count). The normalized spacial score (nSPS) is 22.7.